The molecule has 2 heterocycles. The van der Waals surface area contributed by atoms with Gasteiger partial charge in [0, 0.05) is 11.5 Å². The molecule has 0 aliphatic rings. The van der Waals surface area contributed by atoms with Gasteiger partial charge in [-0.15, -0.1) is 0 Å². The van der Waals surface area contributed by atoms with Crippen molar-refractivity contribution in [2.75, 3.05) is 11.9 Å². The van der Waals surface area contributed by atoms with Gasteiger partial charge in [-0.1, -0.05) is 18.5 Å². The summed E-state index contributed by atoms with van der Waals surface area (Å²) < 4.78 is 16.4. The highest BCUT2D eigenvalue weighted by atomic mass is 16.5. The fourth-order valence-electron chi connectivity index (χ4n) is 2.51. The van der Waals surface area contributed by atoms with E-state index in [-0.39, 0.29) is 5.91 Å². The van der Waals surface area contributed by atoms with Crippen LogP contribution in [0.25, 0.3) is 11.0 Å². The molecule has 0 fully saturated rings. The van der Waals surface area contributed by atoms with Crippen molar-refractivity contribution < 1.29 is 18.5 Å². The first-order chi connectivity index (χ1) is 11.6. The smallest absolute Gasteiger partial charge is 0.261 e. The molecule has 1 aromatic carbocycles. The number of fused-ring (bicyclic) bond motifs is 1. The van der Waals surface area contributed by atoms with Gasteiger partial charge in [-0.2, -0.15) is 0 Å². The molecule has 0 radical (unpaired) electrons. The van der Waals surface area contributed by atoms with Crippen LogP contribution in [0.15, 0.2) is 33.2 Å². The third-order valence-electron chi connectivity index (χ3n) is 3.70. The van der Waals surface area contributed by atoms with E-state index in [1.807, 2.05) is 18.2 Å². The largest absolute Gasteiger partial charge is 0.494 e. The normalized spacial score (nSPS) is 11.0. The van der Waals surface area contributed by atoms with Gasteiger partial charge in [0.25, 0.3) is 5.91 Å². The molecular weight excluding hydrogens is 308 g/mol. The quantitative estimate of drug-likeness (QED) is 0.676. The number of ether oxygens (including phenoxy) is 1. The molecule has 0 atom stereocenters. The maximum absolute atomic E-state index is 12.6. The van der Waals surface area contributed by atoms with E-state index in [4.69, 9.17) is 13.7 Å². The van der Waals surface area contributed by atoms with Gasteiger partial charge < -0.3 is 19.0 Å². The first kappa shape index (κ1) is 16.1. The first-order valence-electron chi connectivity index (χ1n) is 7.99. The lowest BCUT2D eigenvalue weighted by Crippen LogP contribution is -2.12. The summed E-state index contributed by atoms with van der Waals surface area (Å²) in [6.45, 7) is 6.29. The summed E-state index contributed by atoms with van der Waals surface area (Å²) >= 11 is 0. The van der Waals surface area contributed by atoms with Crippen LogP contribution in [-0.2, 0) is 0 Å². The molecule has 1 N–H and O–H groups in total. The van der Waals surface area contributed by atoms with E-state index in [2.05, 4.69) is 17.4 Å². The molecule has 3 aromatic rings. The minimum absolute atomic E-state index is 0.287. The Kier molecular flexibility index (Phi) is 4.55. The maximum Gasteiger partial charge on any atom is 0.261 e. The summed E-state index contributed by atoms with van der Waals surface area (Å²) in [4.78, 5) is 12.6. The maximum atomic E-state index is 12.6. The molecule has 0 aliphatic carbocycles. The van der Waals surface area contributed by atoms with Gasteiger partial charge in [0.05, 0.1) is 12.2 Å². The van der Waals surface area contributed by atoms with Crippen LogP contribution < -0.4 is 10.1 Å². The van der Waals surface area contributed by atoms with E-state index in [1.54, 1.807) is 19.9 Å². The van der Waals surface area contributed by atoms with E-state index in [9.17, 15) is 4.79 Å². The zero-order valence-corrected chi connectivity index (χ0v) is 14.0. The molecule has 0 unspecified atom stereocenters. The minimum Gasteiger partial charge on any atom is -0.494 e. The van der Waals surface area contributed by atoms with Crippen molar-refractivity contribution in [3.05, 3.63) is 41.3 Å². The van der Waals surface area contributed by atoms with E-state index >= 15 is 0 Å². The average molecular weight is 328 g/mol. The number of aryl methyl sites for hydroxylation is 2. The van der Waals surface area contributed by atoms with Crippen LogP contribution in [-0.4, -0.2) is 17.7 Å². The number of aromatic nitrogens is 1. The fraction of sp³-hybridized carbons (Fsp3) is 0.333. The van der Waals surface area contributed by atoms with Gasteiger partial charge >= 0.3 is 0 Å². The number of hydrogen-bond acceptors (Lipinski definition) is 5. The topological polar surface area (TPSA) is 77.5 Å². The number of carbonyl (C=O) groups excluding carboxylic acids is 1. The Bertz CT molecular complexity index is 863. The van der Waals surface area contributed by atoms with Crippen LogP contribution in [0, 0.1) is 13.8 Å². The van der Waals surface area contributed by atoms with E-state index in [0.29, 0.717) is 35.1 Å². The third-order valence-corrected chi connectivity index (χ3v) is 3.70. The Labute approximate surface area is 139 Å². The zero-order valence-electron chi connectivity index (χ0n) is 14.0. The predicted octanol–water partition coefficient (Wildman–Crippen LogP) is 4.47. The Balaban J connectivity index is 1.89. The van der Waals surface area contributed by atoms with Crippen LogP contribution in [0.3, 0.4) is 0 Å². The van der Waals surface area contributed by atoms with Crippen molar-refractivity contribution in [3.63, 3.8) is 0 Å². The van der Waals surface area contributed by atoms with Gasteiger partial charge in [-0.05, 0) is 38.5 Å². The Morgan fingerprint density at radius 3 is 2.83 bits per heavy atom. The molecule has 1 amide bonds. The lowest BCUT2D eigenvalue weighted by Gasteiger charge is -2.05. The molecule has 126 valence electrons. The summed E-state index contributed by atoms with van der Waals surface area (Å²) in [5.41, 5.74) is 1.13. The second-order valence-electron chi connectivity index (χ2n) is 5.67. The van der Waals surface area contributed by atoms with Crippen LogP contribution in [0.4, 0.5) is 5.82 Å². The summed E-state index contributed by atoms with van der Waals surface area (Å²) in [7, 11) is 0. The fourth-order valence-corrected chi connectivity index (χ4v) is 2.51. The van der Waals surface area contributed by atoms with Crippen LogP contribution >= 0.6 is 0 Å². The average Bonchev–Trinajstić information content (AvgIpc) is 3.09. The number of furan rings is 1. The molecule has 0 spiro atoms. The highest BCUT2D eigenvalue weighted by Crippen LogP contribution is 2.29. The van der Waals surface area contributed by atoms with Crippen molar-refractivity contribution >= 4 is 22.7 Å². The monoisotopic (exact) mass is 328 g/mol. The van der Waals surface area contributed by atoms with Gasteiger partial charge in [-0.25, -0.2) is 0 Å². The number of rotatable bonds is 6. The van der Waals surface area contributed by atoms with Gasteiger partial charge in [0.1, 0.15) is 22.9 Å². The van der Waals surface area contributed by atoms with Crippen molar-refractivity contribution in [2.45, 2.75) is 33.6 Å². The second-order valence-corrected chi connectivity index (χ2v) is 5.67. The third kappa shape index (κ3) is 3.27. The number of benzene rings is 1. The number of anilines is 1. The Morgan fingerprint density at radius 2 is 2.12 bits per heavy atom. The molecule has 6 nitrogen and oxygen atoms in total. The van der Waals surface area contributed by atoms with Gasteiger partial charge in [0.15, 0.2) is 5.82 Å². The van der Waals surface area contributed by atoms with Gasteiger partial charge in [-0.3, -0.25) is 4.79 Å². The minimum atomic E-state index is -0.287. The standard InChI is InChI=1S/C18H20N2O4/c1-4-5-8-22-13-6-7-15-14(10-13)17(12(3)23-15)18(21)19-16-9-11(2)24-20-16/h6-7,9-10H,4-5,8H2,1-3H3,(H,19,20,21). The molecule has 3 rings (SSSR count). The molecular formula is C18H20N2O4. The molecule has 2 aromatic heterocycles. The predicted molar refractivity (Wildman–Crippen MR) is 90.5 cm³/mol. The molecule has 0 aliphatic heterocycles. The number of nitrogens with one attached hydrogen (secondary N) is 1. The van der Waals surface area contributed by atoms with E-state index in [0.717, 1.165) is 24.0 Å². The molecule has 0 bridgehead atoms. The Hall–Kier alpha value is -2.76. The van der Waals surface area contributed by atoms with Crippen molar-refractivity contribution in [1.29, 1.82) is 0 Å². The summed E-state index contributed by atoms with van der Waals surface area (Å²) in [5.74, 6) is 1.99. The highest BCUT2D eigenvalue weighted by molar-refractivity contribution is 6.13. The SMILES string of the molecule is CCCCOc1ccc2oc(C)c(C(=O)Nc3cc(C)on3)c2c1. The lowest BCUT2D eigenvalue weighted by atomic mass is 10.1. The van der Waals surface area contributed by atoms with Crippen molar-refractivity contribution in [1.82, 2.24) is 5.16 Å². The van der Waals surface area contributed by atoms with Crippen LogP contribution in [0.5, 0.6) is 5.75 Å². The molecule has 6 heteroatoms. The van der Waals surface area contributed by atoms with Crippen LogP contribution in [0.1, 0.15) is 41.6 Å². The summed E-state index contributed by atoms with van der Waals surface area (Å²) in [5, 5.41) is 7.23. The number of nitrogens with zero attached hydrogens (tertiary/aromatic N) is 1. The van der Waals surface area contributed by atoms with Crippen molar-refractivity contribution in [3.8, 4) is 5.75 Å². The molecule has 0 saturated carbocycles. The first-order valence-corrected chi connectivity index (χ1v) is 7.99. The number of amides is 1. The van der Waals surface area contributed by atoms with E-state index in [1.165, 1.54) is 0 Å². The van der Waals surface area contributed by atoms with Gasteiger partial charge in [0.2, 0.25) is 0 Å². The van der Waals surface area contributed by atoms with Crippen LogP contribution in [0.2, 0.25) is 0 Å². The summed E-state index contributed by atoms with van der Waals surface area (Å²) in [6, 6.07) is 7.17. The zero-order chi connectivity index (χ0) is 17.1. The van der Waals surface area contributed by atoms with E-state index < -0.39 is 0 Å². The molecule has 0 saturated heterocycles. The number of unbranched alkanes of at least 4 members (excludes halogenated alkanes) is 1. The Morgan fingerprint density at radius 1 is 1.29 bits per heavy atom. The number of carbonyl (C=O) groups is 1. The molecule has 24 heavy (non-hydrogen) atoms. The lowest BCUT2D eigenvalue weighted by molar-refractivity contribution is 0.102. The number of hydrogen-bond donors (Lipinski definition) is 1. The van der Waals surface area contributed by atoms with Crippen molar-refractivity contribution in [2.24, 2.45) is 0 Å². The highest BCUT2D eigenvalue weighted by Gasteiger charge is 2.20. The second kappa shape index (κ2) is 6.78. The summed E-state index contributed by atoms with van der Waals surface area (Å²) in [6.07, 6.45) is 2.05.